The van der Waals surface area contributed by atoms with Crippen LogP contribution < -0.4 is 5.32 Å². The Hall–Kier alpha value is -2.25. The monoisotopic (exact) mass is 370 g/mol. The van der Waals surface area contributed by atoms with Gasteiger partial charge in [-0.2, -0.15) is 0 Å². The van der Waals surface area contributed by atoms with Gasteiger partial charge in [-0.15, -0.1) is 22.0 Å². The van der Waals surface area contributed by atoms with Crippen molar-refractivity contribution in [3.05, 3.63) is 54.6 Å². The van der Waals surface area contributed by atoms with Crippen molar-refractivity contribution in [2.75, 3.05) is 17.3 Å². The number of hydrogen-bond acceptors (Lipinski definition) is 5. The van der Waals surface area contributed by atoms with E-state index in [1.807, 2.05) is 72.5 Å². The third-order valence-corrected chi connectivity index (χ3v) is 5.30. The Morgan fingerprint density at radius 3 is 2.68 bits per heavy atom. The molecule has 0 bridgehead atoms. The molecule has 1 aromatic heterocycles. The van der Waals surface area contributed by atoms with Gasteiger partial charge in [-0.3, -0.25) is 4.79 Å². The SMILES string of the molecule is CSc1cccc(NC(=O)CSc2nnc(-c3ccccc3)n2C)c1. The van der Waals surface area contributed by atoms with Crippen LogP contribution in [0.25, 0.3) is 11.4 Å². The van der Waals surface area contributed by atoms with Crippen molar-refractivity contribution in [2.45, 2.75) is 10.1 Å². The molecule has 128 valence electrons. The summed E-state index contributed by atoms with van der Waals surface area (Å²) in [5.74, 6) is 1.01. The van der Waals surface area contributed by atoms with Gasteiger partial charge in [0.1, 0.15) is 0 Å². The highest BCUT2D eigenvalue weighted by atomic mass is 32.2. The molecule has 1 heterocycles. The fourth-order valence-electron chi connectivity index (χ4n) is 2.31. The van der Waals surface area contributed by atoms with Crippen molar-refractivity contribution < 1.29 is 4.79 Å². The molecule has 25 heavy (non-hydrogen) atoms. The van der Waals surface area contributed by atoms with Crippen LogP contribution >= 0.6 is 23.5 Å². The van der Waals surface area contributed by atoms with Crippen LogP contribution in [0.15, 0.2) is 64.6 Å². The van der Waals surface area contributed by atoms with E-state index in [2.05, 4.69) is 15.5 Å². The van der Waals surface area contributed by atoms with Crippen LogP contribution in [0.5, 0.6) is 0 Å². The summed E-state index contributed by atoms with van der Waals surface area (Å²) >= 11 is 3.02. The molecule has 0 fully saturated rings. The molecule has 0 saturated carbocycles. The lowest BCUT2D eigenvalue weighted by atomic mass is 10.2. The number of thioether (sulfide) groups is 2. The molecule has 3 aromatic rings. The summed E-state index contributed by atoms with van der Waals surface area (Å²) in [5, 5.41) is 12.0. The molecule has 0 saturated heterocycles. The maximum absolute atomic E-state index is 12.2. The minimum absolute atomic E-state index is 0.0625. The zero-order valence-electron chi connectivity index (χ0n) is 14.0. The van der Waals surface area contributed by atoms with Gasteiger partial charge in [0, 0.05) is 23.2 Å². The lowest BCUT2D eigenvalue weighted by Gasteiger charge is -2.06. The van der Waals surface area contributed by atoms with Crippen LogP contribution in [0.4, 0.5) is 5.69 Å². The highest BCUT2D eigenvalue weighted by Gasteiger charge is 2.12. The summed E-state index contributed by atoms with van der Waals surface area (Å²) in [7, 11) is 1.91. The van der Waals surface area contributed by atoms with Crippen molar-refractivity contribution in [1.82, 2.24) is 14.8 Å². The first-order valence-electron chi connectivity index (χ1n) is 7.69. The quantitative estimate of drug-likeness (QED) is 0.666. The normalized spacial score (nSPS) is 10.6. The van der Waals surface area contributed by atoms with Crippen molar-refractivity contribution in [1.29, 1.82) is 0 Å². The molecule has 0 spiro atoms. The number of nitrogens with zero attached hydrogens (tertiary/aromatic N) is 3. The summed E-state index contributed by atoms with van der Waals surface area (Å²) in [6.45, 7) is 0. The first-order chi connectivity index (χ1) is 12.2. The van der Waals surface area contributed by atoms with Crippen molar-refractivity contribution in [3.63, 3.8) is 0 Å². The largest absolute Gasteiger partial charge is 0.325 e. The smallest absolute Gasteiger partial charge is 0.234 e. The molecule has 3 rings (SSSR count). The molecule has 1 N–H and O–H groups in total. The predicted molar refractivity (Wildman–Crippen MR) is 104 cm³/mol. The zero-order chi connectivity index (χ0) is 17.6. The molecule has 1 amide bonds. The van der Waals surface area contributed by atoms with E-state index in [4.69, 9.17) is 0 Å². The Labute approximate surface area is 155 Å². The van der Waals surface area contributed by atoms with Gasteiger partial charge in [-0.25, -0.2) is 0 Å². The first kappa shape index (κ1) is 17.6. The fourth-order valence-corrected chi connectivity index (χ4v) is 3.48. The van der Waals surface area contributed by atoms with E-state index in [0.717, 1.165) is 22.0 Å². The second kappa shape index (κ2) is 8.22. The van der Waals surface area contributed by atoms with Crippen LogP contribution in [-0.4, -0.2) is 32.7 Å². The number of hydrogen-bond donors (Lipinski definition) is 1. The van der Waals surface area contributed by atoms with E-state index >= 15 is 0 Å². The Morgan fingerprint density at radius 1 is 1.12 bits per heavy atom. The fraction of sp³-hybridized carbons (Fsp3) is 0.167. The van der Waals surface area contributed by atoms with Gasteiger partial charge in [0.2, 0.25) is 5.91 Å². The second-order valence-electron chi connectivity index (χ2n) is 5.30. The third kappa shape index (κ3) is 4.43. The second-order valence-corrected chi connectivity index (χ2v) is 7.12. The van der Waals surface area contributed by atoms with Crippen molar-refractivity contribution in [3.8, 4) is 11.4 Å². The molecule has 0 radical (unpaired) electrons. The summed E-state index contributed by atoms with van der Waals surface area (Å²) in [5.41, 5.74) is 1.81. The van der Waals surface area contributed by atoms with Crippen LogP contribution in [0, 0.1) is 0 Å². The van der Waals surface area contributed by atoms with Crippen LogP contribution in [0.1, 0.15) is 0 Å². The lowest BCUT2D eigenvalue weighted by molar-refractivity contribution is -0.113. The van der Waals surface area contributed by atoms with E-state index in [0.29, 0.717) is 5.16 Å². The number of benzene rings is 2. The average molecular weight is 371 g/mol. The first-order valence-corrected chi connectivity index (χ1v) is 9.90. The number of nitrogens with one attached hydrogen (secondary N) is 1. The topological polar surface area (TPSA) is 59.8 Å². The maximum Gasteiger partial charge on any atom is 0.234 e. The summed E-state index contributed by atoms with van der Waals surface area (Å²) < 4.78 is 1.90. The molecule has 5 nitrogen and oxygen atoms in total. The standard InChI is InChI=1S/C18H18N4OS2/c1-22-17(13-7-4-3-5-8-13)20-21-18(22)25-12-16(23)19-14-9-6-10-15(11-14)24-2/h3-11H,12H2,1-2H3,(H,19,23). The van der Waals surface area contributed by atoms with Gasteiger partial charge >= 0.3 is 0 Å². The highest BCUT2D eigenvalue weighted by Crippen LogP contribution is 2.23. The number of anilines is 1. The Bertz CT molecular complexity index is 865. The van der Waals surface area contributed by atoms with Gasteiger partial charge < -0.3 is 9.88 Å². The van der Waals surface area contributed by atoms with Crippen molar-refractivity contribution >= 4 is 35.1 Å². The molecule has 7 heteroatoms. The van der Waals surface area contributed by atoms with Gasteiger partial charge in [-0.1, -0.05) is 48.2 Å². The van der Waals surface area contributed by atoms with Gasteiger partial charge in [0.15, 0.2) is 11.0 Å². The molecular weight excluding hydrogens is 352 g/mol. The summed E-state index contributed by atoms with van der Waals surface area (Å²) in [4.78, 5) is 13.3. The van der Waals surface area contributed by atoms with Gasteiger partial charge in [-0.05, 0) is 24.5 Å². The number of carbonyl (C=O) groups excluding carboxylic acids is 1. The minimum atomic E-state index is -0.0625. The number of aromatic nitrogens is 3. The molecule has 0 aliphatic heterocycles. The molecule has 0 unspecified atom stereocenters. The number of amides is 1. The Kier molecular flexibility index (Phi) is 5.78. The molecular formula is C18H18N4OS2. The zero-order valence-corrected chi connectivity index (χ0v) is 15.6. The van der Waals surface area contributed by atoms with Crippen LogP contribution in [0.2, 0.25) is 0 Å². The Balaban J connectivity index is 1.62. The number of carbonyl (C=O) groups is 1. The lowest BCUT2D eigenvalue weighted by Crippen LogP contribution is -2.14. The third-order valence-electron chi connectivity index (χ3n) is 3.55. The molecule has 0 aliphatic rings. The minimum Gasteiger partial charge on any atom is -0.325 e. The average Bonchev–Trinajstić information content (AvgIpc) is 3.01. The van der Waals surface area contributed by atoms with Crippen LogP contribution in [-0.2, 0) is 11.8 Å². The van der Waals surface area contributed by atoms with Gasteiger partial charge in [0.25, 0.3) is 0 Å². The van der Waals surface area contributed by atoms with E-state index in [1.54, 1.807) is 11.8 Å². The summed E-state index contributed by atoms with van der Waals surface area (Å²) in [6, 6.07) is 17.7. The van der Waals surface area contributed by atoms with Gasteiger partial charge in [0.05, 0.1) is 5.75 Å². The molecule has 0 aliphatic carbocycles. The van der Waals surface area contributed by atoms with E-state index in [-0.39, 0.29) is 11.7 Å². The van der Waals surface area contributed by atoms with E-state index in [9.17, 15) is 4.79 Å². The van der Waals surface area contributed by atoms with Crippen LogP contribution in [0.3, 0.4) is 0 Å². The maximum atomic E-state index is 12.2. The Morgan fingerprint density at radius 2 is 1.92 bits per heavy atom. The van der Waals surface area contributed by atoms with Crippen molar-refractivity contribution in [2.24, 2.45) is 7.05 Å². The number of rotatable bonds is 6. The van der Waals surface area contributed by atoms with E-state index < -0.39 is 0 Å². The molecule has 0 atom stereocenters. The molecule has 2 aromatic carbocycles. The highest BCUT2D eigenvalue weighted by molar-refractivity contribution is 7.99. The predicted octanol–water partition coefficient (Wildman–Crippen LogP) is 3.93. The summed E-state index contributed by atoms with van der Waals surface area (Å²) in [6.07, 6.45) is 2.01. The van der Waals surface area contributed by atoms with E-state index in [1.165, 1.54) is 11.8 Å².